The first-order valence-corrected chi connectivity index (χ1v) is 6.74. The van der Waals surface area contributed by atoms with Gasteiger partial charge in [-0.2, -0.15) is 0 Å². The molecule has 3 fully saturated rings. The van der Waals surface area contributed by atoms with Crippen LogP contribution in [0.4, 0.5) is 4.79 Å². The van der Waals surface area contributed by atoms with Crippen LogP contribution in [-0.2, 0) is 4.79 Å². The van der Waals surface area contributed by atoms with E-state index in [4.69, 9.17) is 0 Å². The summed E-state index contributed by atoms with van der Waals surface area (Å²) in [5.74, 6) is 0.0536. The van der Waals surface area contributed by atoms with Gasteiger partial charge in [0.25, 0.3) is 5.91 Å². The Bertz CT molecular complexity index is 315. The lowest BCUT2D eigenvalue weighted by Gasteiger charge is -2.29. The Labute approximate surface area is 101 Å². The fraction of sp³-hybridized carbons (Fsp3) is 0.833. The summed E-state index contributed by atoms with van der Waals surface area (Å²) < 4.78 is 0. The normalized spacial score (nSPS) is 30.9. The first-order chi connectivity index (χ1) is 8.29. The third-order valence-electron chi connectivity index (χ3n) is 4.25. The molecule has 0 aromatic rings. The van der Waals surface area contributed by atoms with E-state index < -0.39 is 0 Å². The Morgan fingerprint density at radius 2 is 1.88 bits per heavy atom. The zero-order chi connectivity index (χ0) is 11.8. The Kier molecular flexibility index (Phi) is 2.78. The van der Waals surface area contributed by atoms with Gasteiger partial charge >= 0.3 is 6.03 Å². The van der Waals surface area contributed by atoms with E-state index in [0.717, 1.165) is 45.3 Å². The van der Waals surface area contributed by atoms with Crippen LogP contribution >= 0.6 is 0 Å². The second-order valence-electron chi connectivity index (χ2n) is 5.30. The van der Waals surface area contributed by atoms with Crippen LogP contribution in [0, 0.1) is 0 Å². The SMILES string of the molecule is O=C1[C@@H]2C[NH2+]CCN2C(=O)N1C1CCCCC1. The topological polar surface area (TPSA) is 57.2 Å². The quantitative estimate of drug-likeness (QED) is 0.628. The molecule has 5 nitrogen and oxygen atoms in total. The second kappa shape index (κ2) is 4.29. The summed E-state index contributed by atoms with van der Waals surface area (Å²) in [6.45, 7) is 2.39. The minimum atomic E-state index is -0.182. The molecule has 0 bridgehead atoms. The number of fused-ring (bicyclic) bond motifs is 1. The highest BCUT2D eigenvalue weighted by Crippen LogP contribution is 2.28. The molecular weight excluding hydrogens is 218 g/mol. The van der Waals surface area contributed by atoms with Crippen LogP contribution in [0.25, 0.3) is 0 Å². The molecule has 1 aliphatic carbocycles. The van der Waals surface area contributed by atoms with Gasteiger partial charge in [-0.25, -0.2) is 4.79 Å². The average molecular weight is 238 g/mol. The number of carbonyl (C=O) groups excluding carboxylic acids is 2. The predicted octanol–water partition coefficient (Wildman–Crippen LogP) is -0.471. The number of urea groups is 1. The van der Waals surface area contributed by atoms with Crippen molar-refractivity contribution in [2.75, 3.05) is 19.6 Å². The Balaban J connectivity index is 1.80. The first-order valence-electron chi connectivity index (χ1n) is 6.74. The zero-order valence-corrected chi connectivity index (χ0v) is 10.1. The van der Waals surface area contributed by atoms with Crippen LogP contribution in [-0.4, -0.2) is 53.5 Å². The molecule has 0 unspecified atom stereocenters. The fourth-order valence-corrected chi connectivity index (χ4v) is 3.32. The maximum Gasteiger partial charge on any atom is 0.328 e. The van der Waals surface area contributed by atoms with Gasteiger partial charge in [0.15, 0.2) is 6.04 Å². The average Bonchev–Trinajstić information content (AvgIpc) is 2.64. The van der Waals surface area contributed by atoms with Crippen molar-refractivity contribution in [1.29, 1.82) is 0 Å². The summed E-state index contributed by atoms with van der Waals surface area (Å²) in [6, 6.07) is -0.0347. The Morgan fingerprint density at radius 1 is 1.12 bits per heavy atom. The number of hydrogen-bond donors (Lipinski definition) is 1. The van der Waals surface area contributed by atoms with E-state index in [2.05, 4.69) is 5.32 Å². The maximum absolute atomic E-state index is 12.3. The molecule has 1 saturated carbocycles. The molecule has 5 heteroatoms. The maximum atomic E-state index is 12.3. The van der Waals surface area contributed by atoms with E-state index in [1.165, 1.54) is 6.42 Å². The number of quaternary nitrogens is 1. The number of hydrogen-bond acceptors (Lipinski definition) is 2. The van der Waals surface area contributed by atoms with Crippen molar-refractivity contribution in [2.45, 2.75) is 44.2 Å². The Hall–Kier alpha value is -1.10. The number of piperazine rings is 1. The molecule has 3 rings (SSSR count). The lowest BCUT2D eigenvalue weighted by Crippen LogP contribution is -2.91. The summed E-state index contributed by atoms with van der Waals surface area (Å²) in [5.41, 5.74) is 0. The molecule has 17 heavy (non-hydrogen) atoms. The summed E-state index contributed by atoms with van der Waals surface area (Å²) >= 11 is 0. The molecule has 0 aromatic heterocycles. The number of carbonyl (C=O) groups is 2. The second-order valence-corrected chi connectivity index (χ2v) is 5.30. The largest absolute Gasteiger partial charge is 0.343 e. The van der Waals surface area contributed by atoms with Gasteiger partial charge in [0.05, 0.1) is 13.1 Å². The number of imide groups is 1. The van der Waals surface area contributed by atoms with Crippen LogP contribution < -0.4 is 5.32 Å². The molecule has 3 aliphatic rings. The fourth-order valence-electron chi connectivity index (χ4n) is 3.32. The summed E-state index contributed by atoms with van der Waals surface area (Å²) in [4.78, 5) is 27.9. The van der Waals surface area contributed by atoms with Crippen LogP contribution in [0.15, 0.2) is 0 Å². The minimum absolute atomic E-state index is 0.0278. The molecular formula is C12H20N3O2+. The molecule has 2 aliphatic heterocycles. The van der Waals surface area contributed by atoms with E-state index in [1.54, 1.807) is 9.80 Å². The van der Waals surface area contributed by atoms with E-state index >= 15 is 0 Å². The van der Waals surface area contributed by atoms with Crippen molar-refractivity contribution in [3.05, 3.63) is 0 Å². The van der Waals surface area contributed by atoms with Crippen molar-refractivity contribution in [1.82, 2.24) is 9.80 Å². The van der Waals surface area contributed by atoms with Crippen LogP contribution in [0.5, 0.6) is 0 Å². The lowest BCUT2D eigenvalue weighted by molar-refractivity contribution is -0.665. The minimum Gasteiger partial charge on any atom is -0.343 e. The highest BCUT2D eigenvalue weighted by Gasteiger charge is 2.49. The van der Waals surface area contributed by atoms with Gasteiger partial charge in [0.1, 0.15) is 6.54 Å². The Morgan fingerprint density at radius 3 is 2.59 bits per heavy atom. The number of amides is 3. The van der Waals surface area contributed by atoms with Gasteiger partial charge in [-0.3, -0.25) is 9.69 Å². The van der Waals surface area contributed by atoms with Gasteiger partial charge in [-0.05, 0) is 12.8 Å². The number of nitrogens with zero attached hydrogens (tertiary/aromatic N) is 2. The molecule has 2 saturated heterocycles. The van der Waals surface area contributed by atoms with E-state index in [9.17, 15) is 9.59 Å². The molecule has 0 spiro atoms. The van der Waals surface area contributed by atoms with Crippen LogP contribution in [0.1, 0.15) is 32.1 Å². The van der Waals surface area contributed by atoms with Gasteiger partial charge in [0.2, 0.25) is 0 Å². The van der Waals surface area contributed by atoms with Crippen LogP contribution in [0.3, 0.4) is 0 Å². The molecule has 0 radical (unpaired) electrons. The smallest absolute Gasteiger partial charge is 0.328 e. The first kappa shape index (κ1) is 11.0. The van der Waals surface area contributed by atoms with E-state index in [0.29, 0.717) is 0 Å². The molecule has 94 valence electrons. The van der Waals surface area contributed by atoms with Crippen molar-refractivity contribution in [3.63, 3.8) is 0 Å². The predicted molar refractivity (Wildman–Crippen MR) is 61.3 cm³/mol. The molecule has 1 atom stereocenters. The summed E-state index contributed by atoms with van der Waals surface area (Å²) in [6.07, 6.45) is 5.55. The highest BCUT2D eigenvalue weighted by molar-refractivity contribution is 6.04. The molecule has 2 N–H and O–H groups in total. The summed E-state index contributed by atoms with van der Waals surface area (Å²) in [5, 5.41) is 2.14. The molecule has 0 aromatic carbocycles. The van der Waals surface area contributed by atoms with Crippen molar-refractivity contribution in [2.24, 2.45) is 0 Å². The monoisotopic (exact) mass is 238 g/mol. The van der Waals surface area contributed by atoms with Crippen molar-refractivity contribution in [3.8, 4) is 0 Å². The lowest BCUT2D eigenvalue weighted by atomic mass is 9.94. The van der Waals surface area contributed by atoms with Gasteiger partial charge in [0, 0.05) is 6.04 Å². The summed E-state index contributed by atoms with van der Waals surface area (Å²) in [7, 11) is 0. The standard InChI is InChI=1S/C12H19N3O2/c16-11-10-8-13-6-7-14(10)12(17)15(11)9-4-2-1-3-5-9/h9-10,13H,1-8H2/p+1/t10-/m0/s1. The van der Waals surface area contributed by atoms with Crippen molar-refractivity contribution < 1.29 is 14.9 Å². The van der Waals surface area contributed by atoms with Crippen molar-refractivity contribution >= 4 is 11.9 Å². The zero-order valence-electron chi connectivity index (χ0n) is 10.1. The van der Waals surface area contributed by atoms with E-state index in [1.807, 2.05) is 0 Å². The number of nitrogens with two attached hydrogens (primary N) is 1. The highest BCUT2D eigenvalue weighted by atomic mass is 16.2. The molecule has 3 amide bonds. The number of rotatable bonds is 1. The van der Waals surface area contributed by atoms with Gasteiger partial charge in [-0.1, -0.05) is 19.3 Å². The van der Waals surface area contributed by atoms with Gasteiger partial charge in [-0.15, -0.1) is 0 Å². The van der Waals surface area contributed by atoms with E-state index in [-0.39, 0.29) is 24.0 Å². The molecule has 2 heterocycles. The van der Waals surface area contributed by atoms with Crippen LogP contribution in [0.2, 0.25) is 0 Å². The third-order valence-corrected chi connectivity index (χ3v) is 4.25. The van der Waals surface area contributed by atoms with Gasteiger partial charge < -0.3 is 10.2 Å². The third kappa shape index (κ3) is 1.73.